The van der Waals surface area contributed by atoms with Crippen molar-refractivity contribution in [2.75, 3.05) is 5.32 Å². The molecule has 1 fully saturated rings. The van der Waals surface area contributed by atoms with E-state index in [9.17, 15) is 4.79 Å². The molecule has 1 N–H and O–H groups in total. The second-order valence-corrected chi connectivity index (χ2v) is 4.89. The minimum Gasteiger partial charge on any atom is -0.380 e. The predicted octanol–water partition coefficient (Wildman–Crippen LogP) is 3.63. The van der Waals surface area contributed by atoms with Crippen molar-refractivity contribution in [1.82, 2.24) is 0 Å². The summed E-state index contributed by atoms with van der Waals surface area (Å²) in [4.78, 5) is 11.5. The smallest absolute Gasteiger partial charge is 0.162 e. The number of hydrogen-bond acceptors (Lipinski definition) is 2. The molecule has 2 heteroatoms. The zero-order valence-electron chi connectivity index (χ0n) is 10.0. The third-order valence-electron chi connectivity index (χ3n) is 3.43. The van der Waals surface area contributed by atoms with Crippen LogP contribution in [0.5, 0.6) is 0 Å². The van der Waals surface area contributed by atoms with Gasteiger partial charge in [0.25, 0.3) is 0 Å². The van der Waals surface area contributed by atoms with Gasteiger partial charge in [0.15, 0.2) is 5.78 Å². The summed E-state index contributed by atoms with van der Waals surface area (Å²) in [5, 5.41) is 3.53. The largest absolute Gasteiger partial charge is 0.380 e. The molecule has 0 radical (unpaired) electrons. The predicted molar refractivity (Wildman–Crippen MR) is 66.9 cm³/mol. The molecule has 0 unspecified atom stereocenters. The Hall–Kier alpha value is -1.31. The highest BCUT2D eigenvalue weighted by molar-refractivity contribution is 5.96. The number of hydrogen-bond donors (Lipinski definition) is 1. The number of carbonyl (C=O) groups is 1. The summed E-state index contributed by atoms with van der Waals surface area (Å²) < 4.78 is 0. The number of nitrogens with one attached hydrogen (secondary N) is 1. The molecule has 0 heterocycles. The molecule has 0 amide bonds. The fraction of sp³-hybridized carbons (Fsp3) is 0.500. The van der Waals surface area contributed by atoms with Gasteiger partial charge in [0.05, 0.1) is 0 Å². The number of ketones is 1. The van der Waals surface area contributed by atoms with E-state index in [1.807, 2.05) is 31.2 Å². The number of benzene rings is 1. The lowest BCUT2D eigenvalue weighted by Crippen LogP contribution is -2.41. The minimum absolute atomic E-state index is 0.210. The van der Waals surface area contributed by atoms with Gasteiger partial charge < -0.3 is 5.32 Å². The van der Waals surface area contributed by atoms with Gasteiger partial charge in [0.1, 0.15) is 0 Å². The molecule has 86 valence electrons. The van der Waals surface area contributed by atoms with Gasteiger partial charge in [-0.05, 0) is 50.5 Å². The van der Waals surface area contributed by atoms with Crippen LogP contribution in [0.4, 0.5) is 5.69 Å². The summed E-state index contributed by atoms with van der Waals surface area (Å²) in [5.74, 6) is 0.210. The van der Waals surface area contributed by atoms with Crippen molar-refractivity contribution in [3.63, 3.8) is 0 Å². The Morgan fingerprint density at radius 2 is 1.94 bits per heavy atom. The maximum absolute atomic E-state index is 11.5. The molecule has 2 nitrogen and oxygen atoms in total. The van der Waals surface area contributed by atoms with E-state index in [4.69, 9.17) is 0 Å². The molecule has 1 aromatic carbocycles. The number of carbonyl (C=O) groups excluding carboxylic acids is 1. The average Bonchev–Trinajstić information content (AvgIpc) is 2.27. The van der Waals surface area contributed by atoms with Gasteiger partial charge in [-0.15, -0.1) is 0 Å². The molecule has 1 aliphatic rings. The van der Waals surface area contributed by atoms with Crippen molar-refractivity contribution in [2.45, 2.75) is 45.1 Å². The Kier molecular flexibility index (Phi) is 2.99. The van der Waals surface area contributed by atoms with Crippen molar-refractivity contribution >= 4 is 11.5 Å². The van der Waals surface area contributed by atoms with Crippen LogP contribution in [0.25, 0.3) is 0 Å². The Bertz CT molecular complexity index is 376. The van der Waals surface area contributed by atoms with Gasteiger partial charge in [-0.2, -0.15) is 0 Å². The molecule has 0 spiro atoms. The van der Waals surface area contributed by atoms with Crippen molar-refractivity contribution in [3.8, 4) is 0 Å². The molecule has 0 aliphatic heterocycles. The average molecular weight is 217 g/mol. The van der Waals surface area contributed by atoms with Crippen LogP contribution in [0.2, 0.25) is 0 Å². The molecule has 16 heavy (non-hydrogen) atoms. The molecule has 2 rings (SSSR count). The quantitative estimate of drug-likeness (QED) is 0.780. The zero-order chi connectivity index (χ0) is 11.6. The molecular formula is C14H19NO. The maximum Gasteiger partial charge on any atom is 0.162 e. The summed E-state index contributed by atoms with van der Waals surface area (Å²) in [5.41, 5.74) is 2.21. The Labute approximate surface area is 97.1 Å². The van der Waals surface area contributed by atoms with Crippen LogP contribution in [0.15, 0.2) is 24.3 Å². The van der Waals surface area contributed by atoms with Gasteiger partial charge in [-0.3, -0.25) is 4.79 Å². The van der Waals surface area contributed by atoms with Gasteiger partial charge in [-0.1, -0.05) is 6.92 Å². The van der Waals surface area contributed by atoms with Crippen LogP contribution in [-0.2, 0) is 0 Å². The molecule has 1 aromatic rings. The topological polar surface area (TPSA) is 29.1 Å². The standard InChI is InChI=1S/C14H19NO/c1-3-13(16)11-5-7-12(8-6-11)15-14(2)9-4-10-14/h5-8,15H,3-4,9-10H2,1-2H3. The second-order valence-electron chi connectivity index (χ2n) is 4.89. The Balaban J connectivity index is 2.04. The van der Waals surface area contributed by atoms with E-state index < -0.39 is 0 Å². The minimum atomic E-state index is 0.210. The normalized spacial score (nSPS) is 17.6. The van der Waals surface area contributed by atoms with Crippen LogP contribution >= 0.6 is 0 Å². The highest BCUT2D eigenvalue weighted by atomic mass is 16.1. The number of Topliss-reactive ketones (excluding diaryl/α,β-unsaturated/α-hetero) is 1. The van der Waals surface area contributed by atoms with Crippen molar-refractivity contribution in [3.05, 3.63) is 29.8 Å². The first kappa shape index (κ1) is 11.2. The fourth-order valence-corrected chi connectivity index (χ4v) is 2.12. The zero-order valence-corrected chi connectivity index (χ0v) is 10.0. The third kappa shape index (κ3) is 2.26. The Morgan fingerprint density at radius 1 is 1.31 bits per heavy atom. The van der Waals surface area contributed by atoms with Gasteiger partial charge >= 0.3 is 0 Å². The molecule has 0 aromatic heterocycles. The molecular weight excluding hydrogens is 198 g/mol. The van der Waals surface area contributed by atoms with Gasteiger partial charge in [-0.25, -0.2) is 0 Å². The monoisotopic (exact) mass is 217 g/mol. The summed E-state index contributed by atoms with van der Waals surface area (Å²) in [6.07, 6.45) is 4.37. The van der Waals surface area contributed by atoms with Gasteiger partial charge in [0, 0.05) is 23.2 Å². The van der Waals surface area contributed by atoms with Crippen LogP contribution in [0.3, 0.4) is 0 Å². The highest BCUT2D eigenvalue weighted by Crippen LogP contribution is 2.34. The van der Waals surface area contributed by atoms with E-state index in [0.29, 0.717) is 6.42 Å². The molecule has 0 atom stereocenters. The summed E-state index contributed by atoms with van der Waals surface area (Å²) in [6.45, 7) is 4.14. The van der Waals surface area contributed by atoms with Crippen LogP contribution in [0, 0.1) is 0 Å². The third-order valence-corrected chi connectivity index (χ3v) is 3.43. The second kappa shape index (κ2) is 4.28. The molecule has 0 saturated heterocycles. The van der Waals surface area contributed by atoms with Crippen LogP contribution in [-0.4, -0.2) is 11.3 Å². The molecule has 0 bridgehead atoms. The number of anilines is 1. The first-order valence-corrected chi connectivity index (χ1v) is 6.04. The fourth-order valence-electron chi connectivity index (χ4n) is 2.12. The van der Waals surface area contributed by atoms with Crippen LogP contribution < -0.4 is 5.32 Å². The van der Waals surface area contributed by atoms with E-state index in [1.54, 1.807) is 0 Å². The van der Waals surface area contributed by atoms with Gasteiger partial charge in [0.2, 0.25) is 0 Å². The van der Waals surface area contributed by atoms with E-state index in [0.717, 1.165) is 11.3 Å². The van der Waals surface area contributed by atoms with Crippen molar-refractivity contribution in [1.29, 1.82) is 0 Å². The first-order chi connectivity index (χ1) is 7.63. The van der Waals surface area contributed by atoms with E-state index >= 15 is 0 Å². The number of rotatable bonds is 4. The van der Waals surface area contributed by atoms with E-state index in [1.165, 1.54) is 19.3 Å². The first-order valence-electron chi connectivity index (χ1n) is 6.04. The maximum atomic E-state index is 11.5. The molecule has 1 aliphatic carbocycles. The van der Waals surface area contributed by atoms with Crippen molar-refractivity contribution in [2.24, 2.45) is 0 Å². The lowest BCUT2D eigenvalue weighted by Gasteiger charge is -2.40. The summed E-state index contributed by atoms with van der Waals surface area (Å²) >= 11 is 0. The lowest BCUT2D eigenvalue weighted by atomic mass is 9.78. The lowest BCUT2D eigenvalue weighted by molar-refractivity contribution is 0.0988. The molecule has 1 saturated carbocycles. The van der Waals surface area contributed by atoms with E-state index in [-0.39, 0.29) is 11.3 Å². The summed E-state index contributed by atoms with van der Waals surface area (Å²) in [6, 6.07) is 7.84. The SMILES string of the molecule is CCC(=O)c1ccc(NC2(C)CCC2)cc1. The summed E-state index contributed by atoms with van der Waals surface area (Å²) in [7, 11) is 0. The van der Waals surface area contributed by atoms with E-state index in [2.05, 4.69) is 12.2 Å². The van der Waals surface area contributed by atoms with Crippen molar-refractivity contribution < 1.29 is 4.79 Å². The Morgan fingerprint density at radius 3 is 2.38 bits per heavy atom. The van der Waals surface area contributed by atoms with Crippen LogP contribution in [0.1, 0.15) is 49.9 Å². The highest BCUT2D eigenvalue weighted by Gasteiger charge is 2.31.